The molecule has 0 aliphatic heterocycles. The summed E-state index contributed by atoms with van der Waals surface area (Å²) in [6.07, 6.45) is 1.56. The van der Waals surface area contributed by atoms with Crippen molar-refractivity contribution in [3.63, 3.8) is 0 Å². The van der Waals surface area contributed by atoms with Crippen molar-refractivity contribution < 1.29 is 12.8 Å². The van der Waals surface area contributed by atoms with Crippen molar-refractivity contribution in [2.24, 2.45) is 0 Å². The van der Waals surface area contributed by atoms with Crippen LogP contribution in [0.25, 0.3) is 0 Å². The van der Waals surface area contributed by atoms with Gasteiger partial charge in [-0.15, -0.1) is 0 Å². The van der Waals surface area contributed by atoms with Gasteiger partial charge in [-0.25, -0.2) is 22.5 Å². The summed E-state index contributed by atoms with van der Waals surface area (Å²) >= 11 is 0. The van der Waals surface area contributed by atoms with Crippen LogP contribution in [0.3, 0.4) is 0 Å². The van der Waals surface area contributed by atoms with Crippen LogP contribution in [0, 0.1) is 5.82 Å². The Morgan fingerprint density at radius 3 is 2.57 bits per heavy atom. The SMILES string of the molecule is CNc1ccc(S(=O)(=O)NCCc2ccccc2F)cn1. The summed E-state index contributed by atoms with van der Waals surface area (Å²) in [6.45, 7) is 0.122. The largest absolute Gasteiger partial charge is 0.373 e. The van der Waals surface area contributed by atoms with Crippen LogP contribution in [0.4, 0.5) is 10.2 Å². The number of rotatable bonds is 6. The van der Waals surface area contributed by atoms with Crippen molar-refractivity contribution in [1.82, 2.24) is 9.71 Å². The molecule has 0 aliphatic rings. The maximum Gasteiger partial charge on any atom is 0.242 e. The van der Waals surface area contributed by atoms with Gasteiger partial charge in [0.05, 0.1) is 0 Å². The fraction of sp³-hybridized carbons (Fsp3) is 0.214. The second-order valence-corrected chi connectivity index (χ2v) is 6.14. The van der Waals surface area contributed by atoms with Crippen LogP contribution in [0.5, 0.6) is 0 Å². The predicted molar refractivity (Wildman–Crippen MR) is 79.1 cm³/mol. The molecule has 2 rings (SSSR count). The van der Waals surface area contributed by atoms with E-state index in [1.165, 1.54) is 18.3 Å². The number of anilines is 1. The molecule has 2 aromatic rings. The predicted octanol–water partition coefficient (Wildman–Crippen LogP) is 1.78. The number of nitrogens with zero attached hydrogens (tertiary/aromatic N) is 1. The summed E-state index contributed by atoms with van der Waals surface area (Å²) in [5.41, 5.74) is 0.476. The van der Waals surface area contributed by atoms with E-state index >= 15 is 0 Å². The van der Waals surface area contributed by atoms with E-state index in [0.717, 1.165) is 0 Å². The van der Waals surface area contributed by atoms with Crippen LogP contribution in [-0.2, 0) is 16.4 Å². The van der Waals surface area contributed by atoms with E-state index in [-0.39, 0.29) is 23.7 Å². The molecule has 21 heavy (non-hydrogen) atoms. The van der Waals surface area contributed by atoms with E-state index in [9.17, 15) is 12.8 Å². The quantitative estimate of drug-likeness (QED) is 0.853. The van der Waals surface area contributed by atoms with E-state index in [0.29, 0.717) is 11.4 Å². The monoisotopic (exact) mass is 309 g/mol. The Hall–Kier alpha value is -1.99. The molecule has 0 spiro atoms. The van der Waals surface area contributed by atoms with Gasteiger partial charge in [0.2, 0.25) is 10.0 Å². The first-order valence-corrected chi connectivity index (χ1v) is 7.88. The second-order valence-electron chi connectivity index (χ2n) is 4.37. The fourth-order valence-corrected chi connectivity index (χ4v) is 2.77. The molecule has 2 N–H and O–H groups in total. The molecule has 7 heteroatoms. The van der Waals surface area contributed by atoms with Gasteiger partial charge in [0, 0.05) is 19.8 Å². The lowest BCUT2D eigenvalue weighted by atomic mass is 10.1. The number of nitrogens with one attached hydrogen (secondary N) is 2. The minimum Gasteiger partial charge on any atom is -0.373 e. The standard InChI is InChI=1S/C14H16FN3O2S/c1-16-14-7-6-12(10-17-14)21(19,20)18-9-8-11-4-2-3-5-13(11)15/h2-7,10,18H,8-9H2,1H3,(H,16,17). The van der Waals surface area contributed by atoms with Crippen molar-refractivity contribution in [3.8, 4) is 0 Å². The minimum absolute atomic E-state index is 0.0787. The maximum atomic E-state index is 13.4. The average Bonchev–Trinajstić information content (AvgIpc) is 2.49. The molecule has 1 heterocycles. The zero-order chi connectivity index (χ0) is 15.3. The van der Waals surface area contributed by atoms with E-state index in [1.54, 1.807) is 31.3 Å². The molecule has 0 amide bonds. The molecule has 112 valence electrons. The Bertz CT molecular complexity index is 702. The van der Waals surface area contributed by atoms with Crippen molar-refractivity contribution in [3.05, 3.63) is 54.0 Å². The molecule has 0 aliphatic carbocycles. The van der Waals surface area contributed by atoms with Crippen molar-refractivity contribution >= 4 is 15.8 Å². The number of pyridine rings is 1. The summed E-state index contributed by atoms with van der Waals surface area (Å²) in [6, 6.07) is 9.33. The van der Waals surface area contributed by atoms with Gasteiger partial charge in [-0.2, -0.15) is 0 Å². The highest BCUT2D eigenvalue weighted by molar-refractivity contribution is 7.89. The fourth-order valence-electron chi connectivity index (χ4n) is 1.79. The molecule has 0 bridgehead atoms. The summed E-state index contributed by atoms with van der Waals surface area (Å²) < 4.78 is 39.9. The zero-order valence-corrected chi connectivity index (χ0v) is 12.3. The lowest BCUT2D eigenvalue weighted by Crippen LogP contribution is -2.26. The zero-order valence-electron chi connectivity index (χ0n) is 11.5. The van der Waals surface area contributed by atoms with Gasteiger partial charge in [-0.05, 0) is 30.2 Å². The van der Waals surface area contributed by atoms with Crippen LogP contribution < -0.4 is 10.0 Å². The third kappa shape index (κ3) is 3.99. The first kappa shape index (κ1) is 15.4. The van der Waals surface area contributed by atoms with Crippen LogP contribution in [-0.4, -0.2) is 27.0 Å². The molecule has 0 saturated heterocycles. The van der Waals surface area contributed by atoms with Gasteiger partial charge in [0.1, 0.15) is 16.5 Å². The lowest BCUT2D eigenvalue weighted by molar-refractivity contribution is 0.577. The van der Waals surface area contributed by atoms with Gasteiger partial charge in [-0.3, -0.25) is 0 Å². The lowest BCUT2D eigenvalue weighted by Gasteiger charge is -2.07. The molecule has 0 radical (unpaired) electrons. The third-order valence-corrected chi connectivity index (χ3v) is 4.39. The van der Waals surface area contributed by atoms with Gasteiger partial charge in [-0.1, -0.05) is 18.2 Å². The highest BCUT2D eigenvalue weighted by atomic mass is 32.2. The van der Waals surface area contributed by atoms with Gasteiger partial charge >= 0.3 is 0 Å². The molecule has 1 aromatic carbocycles. The average molecular weight is 309 g/mol. The molecular formula is C14H16FN3O2S. The number of aromatic nitrogens is 1. The van der Waals surface area contributed by atoms with E-state index in [2.05, 4.69) is 15.0 Å². The molecule has 1 aromatic heterocycles. The Balaban J connectivity index is 1.99. The molecule has 0 saturated carbocycles. The van der Waals surface area contributed by atoms with Crippen LogP contribution in [0.15, 0.2) is 47.5 Å². The number of benzene rings is 1. The summed E-state index contributed by atoms with van der Waals surface area (Å²) in [7, 11) is -1.93. The topological polar surface area (TPSA) is 71.1 Å². The smallest absolute Gasteiger partial charge is 0.242 e. The summed E-state index contributed by atoms with van der Waals surface area (Å²) in [5.74, 6) is 0.247. The third-order valence-electron chi connectivity index (χ3n) is 2.95. The Morgan fingerprint density at radius 1 is 1.19 bits per heavy atom. The van der Waals surface area contributed by atoms with Crippen LogP contribution in [0.2, 0.25) is 0 Å². The van der Waals surface area contributed by atoms with E-state index < -0.39 is 10.0 Å². The first-order valence-electron chi connectivity index (χ1n) is 6.40. The summed E-state index contributed by atoms with van der Waals surface area (Å²) in [5, 5.41) is 2.81. The normalized spacial score (nSPS) is 11.3. The number of hydrogen-bond acceptors (Lipinski definition) is 4. The van der Waals surface area contributed by atoms with Crippen molar-refractivity contribution in [1.29, 1.82) is 0 Å². The van der Waals surface area contributed by atoms with Crippen LogP contribution >= 0.6 is 0 Å². The Morgan fingerprint density at radius 2 is 1.95 bits per heavy atom. The number of halogens is 1. The Labute approximate surface area is 123 Å². The van der Waals surface area contributed by atoms with Gasteiger partial charge < -0.3 is 5.32 Å². The molecule has 0 fully saturated rings. The highest BCUT2D eigenvalue weighted by Gasteiger charge is 2.14. The molecular weight excluding hydrogens is 293 g/mol. The first-order chi connectivity index (χ1) is 10.0. The Kier molecular flexibility index (Phi) is 4.87. The molecule has 5 nitrogen and oxygen atoms in total. The van der Waals surface area contributed by atoms with E-state index in [1.807, 2.05) is 0 Å². The van der Waals surface area contributed by atoms with Crippen molar-refractivity contribution in [2.45, 2.75) is 11.3 Å². The van der Waals surface area contributed by atoms with Gasteiger partial charge in [0.25, 0.3) is 0 Å². The highest BCUT2D eigenvalue weighted by Crippen LogP contribution is 2.11. The number of hydrogen-bond donors (Lipinski definition) is 2. The maximum absolute atomic E-state index is 13.4. The molecule has 0 unspecified atom stereocenters. The van der Waals surface area contributed by atoms with Gasteiger partial charge in [0.15, 0.2) is 0 Å². The second kappa shape index (κ2) is 6.64. The van der Waals surface area contributed by atoms with E-state index in [4.69, 9.17) is 0 Å². The number of sulfonamides is 1. The molecule has 0 atom stereocenters. The summed E-state index contributed by atoms with van der Waals surface area (Å²) in [4.78, 5) is 4.03. The van der Waals surface area contributed by atoms with Crippen molar-refractivity contribution in [2.75, 3.05) is 18.9 Å². The minimum atomic E-state index is -3.63. The van der Waals surface area contributed by atoms with Crippen LogP contribution in [0.1, 0.15) is 5.56 Å².